The minimum atomic E-state index is -0.0481. The predicted octanol–water partition coefficient (Wildman–Crippen LogP) is 2.55. The largest absolute Gasteiger partial charge is 0.348 e. The molecular weight excluding hydrogens is 309 g/mol. The summed E-state index contributed by atoms with van der Waals surface area (Å²) in [5, 5.41) is 4.00. The molecule has 0 aliphatic heterocycles. The Labute approximate surface area is 136 Å². The first kappa shape index (κ1) is 17.7. The van der Waals surface area contributed by atoms with Gasteiger partial charge in [-0.05, 0) is 43.0 Å². The van der Waals surface area contributed by atoms with Crippen molar-refractivity contribution in [1.29, 1.82) is 0 Å². The number of amides is 1. The van der Waals surface area contributed by atoms with Gasteiger partial charge in [0.15, 0.2) is 0 Å². The Bertz CT molecular complexity index is 617. The van der Waals surface area contributed by atoms with Gasteiger partial charge in [-0.15, -0.1) is 24.8 Å². The fraction of sp³-hybridized carbons (Fsp3) is 0.333. The van der Waals surface area contributed by atoms with E-state index in [-0.39, 0.29) is 36.8 Å². The van der Waals surface area contributed by atoms with Gasteiger partial charge >= 0.3 is 0 Å². The van der Waals surface area contributed by atoms with Crippen molar-refractivity contribution in [3.63, 3.8) is 0 Å². The van der Waals surface area contributed by atoms with E-state index in [1.165, 1.54) is 12.8 Å². The van der Waals surface area contributed by atoms with Crippen molar-refractivity contribution in [2.45, 2.75) is 18.9 Å². The molecule has 0 spiro atoms. The quantitative estimate of drug-likeness (QED) is 0.906. The molecule has 2 aromatic rings. The molecule has 0 radical (unpaired) electrons. The van der Waals surface area contributed by atoms with Crippen LogP contribution in [-0.4, -0.2) is 23.5 Å². The monoisotopic (exact) mass is 327 g/mol. The van der Waals surface area contributed by atoms with Gasteiger partial charge in [0.05, 0.1) is 5.52 Å². The zero-order valence-corrected chi connectivity index (χ0v) is 13.1. The zero-order chi connectivity index (χ0) is 13.2. The molecule has 1 atom stereocenters. The van der Waals surface area contributed by atoms with Gasteiger partial charge < -0.3 is 11.1 Å². The lowest BCUT2D eigenvalue weighted by atomic mass is 10.1. The Morgan fingerprint density at radius 3 is 2.76 bits per heavy atom. The van der Waals surface area contributed by atoms with Gasteiger partial charge in [-0.1, -0.05) is 6.07 Å². The average Bonchev–Trinajstić information content (AvgIpc) is 3.28. The summed E-state index contributed by atoms with van der Waals surface area (Å²) < 4.78 is 0. The van der Waals surface area contributed by atoms with Crippen LogP contribution in [0.15, 0.2) is 36.5 Å². The summed E-state index contributed by atoms with van der Waals surface area (Å²) in [4.78, 5) is 16.4. The lowest BCUT2D eigenvalue weighted by molar-refractivity contribution is 0.0933. The Morgan fingerprint density at radius 1 is 1.33 bits per heavy atom. The summed E-state index contributed by atoms with van der Waals surface area (Å²) >= 11 is 0. The highest BCUT2D eigenvalue weighted by Crippen LogP contribution is 2.32. The molecule has 3 N–H and O–H groups in total. The number of carbonyl (C=O) groups excluding carboxylic acids is 1. The number of pyridine rings is 1. The van der Waals surface area contributed by atoms with E-state index in [1.54, 1.807) is 6.20 Å². The van der Waals surface area contributed by atoms with E-state index in [0.29, 0.717) is 18.0 Å². The summed E-state index contributed by atoms with van der Waals surface area (Å²) in [5.74, 6) is 0.518. The molecule has 1 unspecified atom stereocenters. The summed E-state index contributed by atoms with van der Waals surface area (Å²) in [6.45, 7) is 0.505. The Morgan fingerprint density at radius 2 is 2.10 bits per heavy atom. The van der Waals surface area contributed by atoms with Crippen LogP contribution in [0.3, 0.4) is 0 Å². The van der Waals surface area contributed by atoms with E-state index >= 15 is 0 Å². The van der Waals surface area contributed by atoms with Crippen LogP contribution in [0, 0.1) is 5.92 Å². The average molecular weight is 328 g/mol. The van der Waals surface area contributed by atoms with Gasteiger partial charge in [0.25, 0.3) is 5.91 Å². The third-order valence-electron chi connectivity index (χ3n) is 3.63. The van der Waals surface area contributed by atoms with Gasteiger partial charge in [-0.3, -0.25) is 9.78 Å². The number of hydrogen-bond donors (Lipinski definition) is 2. The van der Waals surface area contributed by atoms with Gasteiger partial charge in [-0.2, -0.15) is 0 Å². The molecule has 1 aromatic heterocycles. The first-order chi connectivity index (χ1) is 9.28. The van der Waals surface area contributed by atoms with Gasteiger partial charge in [0, 0.05) is 29.7 Å². The van der Waals surface area contributed by atoms with Crippen LogP contribution in [0.1, 0.15) is 23.2 Å². The second-order valence-electron chi connectivity index (χ2n) is 5.06. The molecule has 1 saturated carbocycles. The maximum Gasteiger partial charge on any atom is 0.251 e. The highest BCUT2D eigenvalue weighted by atomic mass is 35.5. The second kappa shape index (κ2) is 7.59. The van der Waals surface area contributed by atoms with Crippen LogP contribution < -0.4 is 11.1 Å². The third-order valence-corrected chi connectivity index (χ3v) is 3.63. The maximum atomic E-state index is 12.2. The van der Waals surface area contributed by atoms with E-state index in [9.17, 15) is 4.79 Å². The second-order valence-corrected chi connectivity index (χ2v) is 5.06. The molecule has 1 aliphatic carbocycles. The summed E-state index contributed by atoms with van der Waals surface area (Å²) in [5.41, 5.74) is 7.27. The normalized spacial score (nSPS) is 14.7. The molecule has 1 aromatic carbocycles. The number of nitrogens with two attached hydrogens (primary N) is 1. The molecule has 114 valence electrons. The van der Waals surface area contributed by atoms with Gasteiger partial charge in [-0.25, -0.2) is 0 Å². The van der Waals surface area contributed by atoms with Crippen molar-refractivity contribution < 1.29 is 4.79 Å². The number of rotatable bonds is 4. The summed E-state index contributed by atoms with van der Waals surface area (Å²) in [7, 11) is 0. The first-order valence-corrected chi connectivity index (χ1v) is 6.63. The van der Waals surface area contributed by atoms with Crippen molar-refractivity contribution in [2.75, 3.05) is 6.54 Å². The number of benzene rings is 1. The van der Waals surface area contributed by atoms with Gasteiger partial charge in [0.1, 0.15) is 0 Å². The third kappa shape index (κ3) is 4.06. The molecule has 1 heterocycles. The predicted molar refractivity (Wildman–Crippen MR) is 89.3 cm³/mol. The van der Waals surface area contributed by atoms with Crippen molar-refractivity contribution >= 4 is 41.6 Å². The summed E-state index contributed by atoms with van der Waals surface area (Å²) in [6.07, 6.45) is 4.09. The van der Waals surface area contributed by atoms with Crippen LogP contribution in [0.25, 0.3) is 10.9 Å². The van der Waals surface area contributed by atoms with Crippen molar-refractivity contribution in [2.24, 2.45) is 11.7 Å². The minimum Gasteiger partial charge on any atom is -0.348 e. The SMILES string of the molecule is Cl.Cl.NCC(NC(=O)c1ccc2ncccc2c1)C1CC1. The van der Waals surface area contributed by atoms with E-state index in [1.807, 2.05) is 30.3 Å². The molecule has 0 bridgehead atoms. The van der Waals surface area contributed by atoms with Crippen LogP contribution in [-0.2, 0) is 0 Å². The fourth-order valence-corrected chi connectivity index (χ4v) is 2.34. The maximum absolute atomic E-state index is 12.2. The molecule has 1 fully saturated rings. The molecular formula is C15H19Cl2N3O. The van der Waals surface area contributed by atoms with E-state index in [4.69, 9.17) is 5.73 Å². The number of hydrogen-bond acceptors (Lipinski definition) is 3. The zero-order valence-electron chi connectivity index (χ0n) is 11.5. The molecule has 6 heteroatoms. The molecule has 21 heavy (non-hydrogen) atoms. The number of carbonyl (C=O) groups is 1. The molecule has 3 rings (SSSR count). The standard InChI is InChI=1S/C15H17N3O.2ClH/c16-9-14(10-3-4-10)18-15(19)12-5-6-13-11(8-12)2-1-7-17-13;;/h1-2,5-8,10,14H,3-4,9,16H2,(H,18,19);2*1H. The molecule has 4 nitrogen and oxygen atoms in total. The highest BCUT2D eigenvalue weighted by molar-refractivity contribution is 5.98. The lowest BCUT2D eigenvalue weighted by Gasteiger charge is -2.16. The minimum absolute atomic E-state index is 0. The first-order valence-electron chi connectivity index (χ1n) is 6.63. The van der Waals surface area contributed by atoms with Crippen molar-refractivity contribution in [3.8, 4) is 0 Å². The van der Waals surface area contributed by atoms with E-state index in [2.05, 4.69) is 10.3 Å². The molecule has 1 aliphatic rings. The lowest BCUT2D eigenvalue weighted by Crippen LogP contribution is -2.41. The van der Waals surface area contributed by atoms with Crippen LogP contribution in [0.5, 0.6) is 0 Å². The highest BCUT2D eigenvalue weighted by Gasteiger charge is 2.31. The number of aromatic nitrogens is 1. The topological polar surface area (TPSA) is 68.0 Å². The number of nitrogens with one attached hydrogen (secondary N) is 1. The smallest absolute Gasteiger partial charge is 0.251 e. The fourth-order valence-electron chi connectivity index (χ4n) is 2.34. The molecule has 1 amide bonds. The number of halogens is 2. The van der Waals surface area contributed by atoms with Crippen LogP contribution >= 0.6 is 24.8 Å². The summed E-state index contributed by atoms with van der Waals surface area (Å²) in [6, 6.07) is 9.50. The number of nitrogens with zero attached hydrogens (tertiary/aromatic N) is 1. The van der Waals surface area contributed by atoms with Crippen LogP contribution in [0.4, 0.5) is 0 Å². The number of fused-ring (bicyclic) bond motifs is 1. The van der Waals surface area contributed by atoms with E-state index in [0.717, 1.165) is 10.9 Å². The van der Waals surface area contributed by atoms with Crippen molar-refractivity contribution in [1.82, 2.24) is 10.3 Å². The Hall–Kier alpha value is -1.36. The van der Waals surface area contributed by atoms with E-state index < -0.39 is 0 Å². The Balaban J connectivity index is 0.00000110. The van der Waals surface area contributed by atoms with Crippen molar-refractivity contribution in [3.05, 3.63) is 42.1 Å². The van der Waals surface area contributed by atoms with Crippen LogP contribution in [0.2, 0.25) is 0 Å². The van der Waals surface area contributed by atoms with Gasteiger partial charge in [0.2, 0.25) is 0 Å². The molecule has 0 saturated heterocycles. The Kier molecular flexibility index (Phi) is 6.40.